The summed E-state index contributed by atoms with van der Waals surface area (Å²) in [4.78, 5) is 35.4. The molecule has 0 atom stereocenters. The lowest BCUT2D eigenvalue weighted by Gasteiger charge is -2.21. The predicted octanol–water partition coefficient (Wildman–Crippen LogP) is 2.16. The van der Waals surface area contributed by atoms with Crippen molar-refractivity contribution in [2.24, 2.45) is 0 Å². The van der Waals surface area contributed by atoms with Gasteiger partial charge in [-0.2, -0.15) is 5.26 Å². The van der Waals surface area contributed by atoms with Crippen molar-refractivity contribution in [3.8, 4) is 6.07 Å². The Hall–Kier alpha value is -2.53. The van der Waals surface area contributed by atoms with Crippen LogP contribution >= 0.6 is 11.8 Å². The molecule has 0 unspecified atom stereocenters. The van der Waals surface area contributed by atoms with Crippen molar-refractivity contribution in [2.75, 3.05) is 23.4 Å². The van der Waals surface area contributed by atoms with E-state index in [1.165, 1.54) is 0 Å². The Morgan fingerprint density at radius 2 is 1.96 bits per heavy atom. The van der Waals surface area contributed by atoms with E-state index in [0.29, 0.717) is 18.5 Å². The number of aryl methyl sites for hydroxylation is 1. The summed E-state index contributed by atoms with van der Waals surface area (Å²) in [6.45, 7) is 1.51. The third-order valence-electron chi connectivity index (χ3n) is 4.17. The number of amides is 2. The van der Waals surface area contributed by atoms with Gasteiger partial charge in [0.15, 0.2) is 6.61 Å². The topological polar surface area (TPSA) is 108 Å². The number of carbonyl (C=O) groups excluding carboxylic acids is 3. The van der Waals surface area contributed by atoms with Crippen molar-refractivity contribution < 1.29 is 19.1 Å². The van der Waals surface area contributed by atoms with Gasteiger partial charge in [0.05, 0.1) is 17.6 Å². The van der Waals surface area contributed by atoms with E-state index in [1.54, 1.807) is 6.07 Å². The molecule has 0 aromatic heterocycles. The first-order chi connectivity index (χ1) is 12.9. The third-order valence-corrected chi connectivity index (χ3v) is 5.08. The third kappa shape index (κ3) is 6.94. The number of thioether (sulfide) groups is 1. The minimum absolute atomic E-state index is 0.0299. The van der Waals surface area contributed by atoms with Crippen molar-refractivity contribution in [3.63, 3.8) is 0 Å². The number of nitrogens with one attached hydrogen (secondary N) is 2. The summed E-state index contributed by atoms with van der Waals surface area (Å²) in [6, 6.07) is 9.57. The molecule has 1 aromatic rings. The van der Waals surface area contributed by atoms with Crippen LogP contribution in [-0.4, -0.2) is 41.4 Å². The van der Waals surface area contributed by atoms with Crippen LogP contribution in [0.15, 0.2) is 24.3 Å². The molecule has 2 rings (SSSR count). The molecule has 0 radical (unpaired) electrons. The second kappa shape index (κ2) is 9.97. The molecule has 0 heterocycles. The fourth-order valence-corrected chi connectivity index (χ4v) is 3.49. The lowest BCUT2D eigenvalue weighted by Crippen LogP contribution is -2.46. The smallest absolute Gasteiger partial charge is 0.316 e. The van der Waals surface area contributed by atoms with Gasteiger partial charge in [0.25, 0.3) is 5.91 Å². The first-order valence-corrected chi connectivity index (χ1v) is 9.90. The molecule has 0 saturated heterocycles. The molecule has 1 aliphatic rings. The van der Waals surface area contributed by atoms with Gasteiger partial charge in [0, 0.05) is 5.69 Å². The van der Waals surface area contributed by atoms with Crippen molar-refractivity contribution in [1.29, 1.82) is 5.26 Å². The van der Waals surface area contributed by atoms with E-state index in [9.17, 15) is 19.6 Å². The molecular weight excluding hydrogens is 366 g/mol. The number of benzene rings is 1. The van der Waals surface area contributed by atoms with Gasteiger partial charge < -0.3 is 15.4 Å². The highest BCUT2D eigenvalue weighted by atomic mass is 32.2. The number of hydrogen-bond acceptors (Lipinski definition) is 6. The number of nitrogens with zero attached hydrogens (tertiary/aromatic N) is 1. The van der Waals surface area contributed by atoms with Gasteiger partial charge in [-0.3, -0.25) is 14.4 Å². The van der Waals surface area contributed by atoms with Gasteiger partial charge >= 0.3 is 5.97 Å². The van der Waals surface area contributed by atoms with Gasteiger partial charge in [-0.1, -0.05) is 12.1 Å². The first kappa shape index (κ1) is 20.8. The number of nitriles is 1. The minimum Gasteiger partial charge on any atom is -0.455 e. The molecule has 1 saturated carbocycles. The molecular formula is C19H23N3O4S. The van der Waals surface area contributed by atoms with E-state index in [1.807, 2.05) is 25.1 Å². The van der Waals surface area contributed by atoms with Gasteiger partial charge in [0.1, 0.15) is 5.54 Å². The maximum Gasteiger partial charge on any atom is 0.316 e. The Bertz CT molecular complexity index is 739. The second-order valence-corrected chi connectivity index (χ2v) is 7.51. The number of rotatable bonds is 8. The number of esters is 1. The number of hydrogen-bond donors (Lipinski definition) is 2. The Labute approximate surface area is 162 Å². The van der Waals surface area contributed by atoms with Crippen LogP contribution in [0.3, 0.4) is 0 Å². The van der Waals surface area contributed by atoms with Gasteiger partial charge in [0.2, 0.25) is 5.91 Å². The predicted molar refractivity (Wildman–Crippen MR) is 103 cm³/mol. The summed E-state index contributed by atoms with van der Waals surface area (Å²) in [6.07, 6.45) is 3.04. The molecule has 7 nitrogen and oxygen atoms in total. The van der Waals surface area contributed by atoms with Crippen molar-refractivity contribution >= 4 is 35.2 Å². The zero-order valence-electron chi connectivity index (χ0n) is 15.2. The average molecular weight is 389 g/mol. The van der Waals surface area contributed by atoms with Crippen LogP contribution in [0.25, 0.3) is 0 Å². The highest BCUT2D eigenvalue weighted by molar-refractivity contribution is 8.00. The molecule has 0 aliphatic heterocycles. The van der Waals surface area contributed by atoms with E-state index in [-0.39, 0.29) is 17.4 Å². The van der Waals surface area contributed by atoms with Crippen molar-refractivity contribution in [3.05, 3.63) is 29.8 Å². The van der Waals surface area contributed by atoms with E-state index in [0.717, 1.165) is 30.2 Å². The van der Waals surface area contributed by atoms with Crippen LogP contribution in [-0.2, 0) is 19.1 Å². The zero-order valence-corrected chi connectivity index (χ0v) is 16.1. The molecule has 27 heavy (non-hydrogen) atoms. The monoisotopic (exact) mass is 389 g/mol. The van der Waals surface area contributed by atoms with Crippen LogP contribution in [0.2, 0.25) is 0 Å². The Morgan fingerprint density at radius 1 is 1.22 bits per heavy atom. The number of ether oxygens (including phenoxy) is 1. The normalized spacial score (nSPS) is 14.8. The van der Waals surface area contributed by atoms with Gasteiger partial charge in [-0.05, 0) is 50.3 Å². The Balaban J connectivity index is 1.62. The minimum atomic E-state index is -0.827. The van der Waals surface area contributed by atoms with E-state index >= 15 is 0 Å². The molecule has 0 spiro atoms. The maximum absolute atomic E-state index is 11.9. The van der Waals surface area contributed by atoms with Crippen LogP contribution in [0.4, 0.5) is 5.69 Å². The first-order valence-electron chi connectivity index (χ1n) is 8.75. The Morgan fingerprint density at radius 3 is 2.63 bits per heavy atom. The summed E-state index contributed by atoms with van der Waals surface area (Å²) >= 11 is 1.11. The fourth-order valence-electron chi connectivity index (χ4n) is 2.88. The largest absolute Gasteiger partial charge is 0.455 e. The standard InChI is InChI=1S/C19H23N3O4S/c1-14-5-4-6-15(9-14)21-17(24)11-27-12-18(25)26-10-16(23)22-19(13-20)7-2-3-8-19/h4-6,9H,2-3,7-8,10-12H2,1H3,(H,21,24)(H,22,23). The summed E-state index contributed by atoms with van der Waals surface area (Å²) in [5.74, 6) is -1.19. The van der Waals surface area contributed by atoms with Crippen molar-refractivity contribution in [1.82, 2.24) is 5.32 Å². The second-order valence-electron chi connectivity index (χ2n) is 6.52. The Kier molecular flexibility index (Phi) is 7.67. The molecule has 2 N–H and O–H groups in total. The highest BCUT2D eigenvalue weighted by Gasteiger charge is 2.35. The van der Waals surface area contributed by atoms with Crippen molar-refractivity contribution in [2.45, 2.75) is 38.1 Å². The van der Waals surface area contributed by atoms with Crippen LogP contribution in [0.1, 0.15) is 31.2 Å². The zero-order chi connectivity index (χ0) is 19.7. The highest BCUT2D eigenvalue weighted by Crippen LogP contribution is 2.28. The fraction of sp³-hybridized carbons (Fsp3) is 0.474. The quantitative estimate of drug-likeness (QED) is 0.660. The van der Waals surface area contributed by atoms with Crippen LogP contribution < -0.4 is 10.6 Å². The molecule has 144 valence electrons. The summed E-state index contributed by atoms with van der Waals surface area (Å²) in [5.41, 5.74) is 0.919. The van der Waals surface area contributed by atoms with Crippen LogP contribution in [0.5, 0.6) is 0 Å². The van der Waals surface area contributed by atoms with E-state index in [2.05, 4.69) is 16.7 Å². The molecule has 0 bridgehead atoms. The van der Waals surface area contributed by atoms with E-state index < -0.39 is 24.0 Å². The summed E-state index contributed by atoms with van der Waals surface area (Å²) < 4.78 is 4.91. The maximum atomic E-state index is 11.9. The SMILES string of the molecule is Cc1cccc(NC(=O)CSCC(=O)OCC(=O)NC2(C#N)CCCC2)c1. The summed E-state index contributed by atoms with van der Waals surface area (Å²) in [5, 5.41) is 14.6. The summed E-state index contributed by atoms with van der Waals surface area (Å²) in [7, 11) is 0. The van der Waals surface area contributed by atoms with Crippen LogP contribution in [0, 0.1) is 18.3 Å². The van der Waals surface area contributed by atoms with E-state index in [4.69, 9.17) is 4.74 Å². The molecule has 1 aliphatic carbocycles. The van der Waals surface area contributed by atoms with Gasteiger partial charge in [-0.25, -0.2) is 0 Å². The van der Waals surface area contributed by atoms with Gasteiger partial charge in [-0.15, -0.1) is 11.8 Å². The molecule has 8 heteroatoms. The molecule has 1 aromatic carbocycles. The molecule has 2 amide bonds. The lowest BCUT2D eigenvalue weighted by atomic mass is 10.00. The average Bonchev–Trinajstić information content (AvgIpc) is 3.09. The number of anilines is 1. The number of carbonyl (C=O) groups is 3. The molecule has 1 fully saturated rings. The lowest BCUT2D eigenvalue weighted by molar-refractivity contribution is -0.146.